The normalized spacial score (nSPS) is 19.8. The van der Waals surface area contributed by atoms with Gasteiger partial charge in [-0.1, -0.05) is 19.1 Å². The van der Waals surface area contributed by atoms with Crippen molar-refractivity contribution in [2.24, 2.45) is 0 Å². The average molecular weight is 285 g/mol. The van der Waals surface area contributed by atoms with Gasteiger partial charge in [-0.15, -0.1) is 0 Å². The number of aliphatic hydroxyl groups excluding tert-OH is 1. The quantitative estimate of drug-likeness (QED) is 0.839. The predicted octanol–water partition coefficient (Wildman–Crippen LogP) is 0.809. The van der Waals surface area contributed by atoms with E-state index in [1.54, 1.807) is 12.1 Å². The van der Waals surface area contributed by atoms with Gasteiger partial charge in [0.2, 0.25) is 10.0 Å². The summed E-state index contributed by atoms with van der Waals surface area (Å²) in [5.41, 5.74) is 1.35. The predicted molar refractivity (Wildman–Crippen MR) is 71.3 cm³/mol. The first-order chi connectivity index (χ1) is 9.06. The van der Waals surface area contributed by atoms with E-state index in [-0.39, 0.29) is 17.5 Å². The van der Waals surface area contributed by atoms with E-state index in [4.69, 9.17) is 9.84 Å². The fourth-order valence-electron chi connectivity index (χ4n) is 2.15. The van der Waals surface area contributed by atoms with E-state index in [2.05, 4.69) is 4.72 Å². The van der Waals surface area contributed by atoms with E-state index in [0.717, 1.165) is 5.56 Å². The van der Waals surface area contributed by atoms with Crippen LogP contribution in [-0.4, -0.2) is 32.8 Å². The van der Waals surface area contributed by atoms with Crippen molar-refractivity contribution in [3.8, 4) is 0 Å². The minimum absolute atomic E-state index is 0.160. The van der Waals surface area contributed by atoms with Crippen LogP contribution in [0.1, 0.15) is 24.5 Å². The van der Waals surface area contributed by atoms with Gasteiger partial charge in [-0.2, -0.15) is 0 Å². The van der Waals surface area contributed by atoms with Crippen LogP contribution in [0.4, 0.5) is 0 Å². The van der Waals surface area contributed by atoms with E-state index in [9.17, 15) is 8.42 Å². The molecule has 1 saturated heterocycles. The largest absolute Gasteiger partial charge is 0.392 e. The van der Waals surface area contributed by atoms with Crippen LogP contribution in [0.15, 0.2) is 23.1 Å². The molecule has 0 aliphatic carbocycles. The van der Waals surface area contributed by atoms with Crippen molar-refractivity contribution in [1.29, 1.82) is 0 Å². The summed E-state index contributed by atoms with van der Waals surface area (Å²) in [5, 5.41) is 9.14. The van der Waals surface area contributed by atoms with Crippen molar-refractivity contribution in [1.82, 2.24) is 4.72 Å². The smallest absolute Gasteiger partial charge is 0.241 e. The Kier molecular flexibility index (Phi) is 4.57. The minimum Gasteiger partial charge on any atom is -0.392 e. The van der Waals surface area contributed by atoms with Gasteiger partial charge in [0.1, 0.15) is 0 Å². The first kappa shape index (κ1) is 14.5. The van der Waals surface area contributed by atoms with Crippen molar-refractivity contribution in [3.05, 3.63) is 29.3 Å². The summed E-state index contributed by atoms with van der Waals surface area (Å²) in [6.07, 6.45) is 1.32. The fourth-order valence-corrected chi connectivity index (χ4v) is 3.77. The summed E-state index contributed by atoms with van der Waals surface area (Å²) in [4.78, 5) is 0.258. The molecule has 1 atom stereocenters. The Balaban J connectivity index is 2.32. The molecule has 1 aromatic rings. The Hall–Kier alpha value is -0.950. The molecule has 0 spiro atoms. The summed E-state index contributed by atoms with van der Waals surface area (Å²) in [7, 11) is -3.56. The summed E-state index contributed by atoms with van der Waals surface area (Å²) in [6.45, 7) is 2.75. The van der Waals surface area contributed by atoms with Gasteiger partial charge >= 0.3 is 0 Å². The Morgan fingerprint density at radius 1 is 1.47 bits per heavy atom. The molecule has 0 aromatic heterocycles. The first-order valence-corrected chi connectivity index (χ1v) is 7.88. The highest BCUT2D eigenvalue weighted by Gasteiger charge is 2.25. The van der Waals surface area contributed by atoms with E-state index >= 15 is 0 Å². The second kappa shape index (κ2) is 6.00. The van der Waals surface area contributed by atoms with Crippen LogP contribution in [0.2, 0.25) is 0 Å². The van der Waals surface area contributed by atoms with Gasteiger partial charge < -0.3 is 9.84 Å². The number of benzene rings is 1. The molecule has 19 heavy (non-hydrogen) atoms. The lowest BCUT2D eigenvalue weighted by Gasteiger charge is -2.15. The molecule has 0 radical (unpaired) electrons. The van der Waals surface area contributed by atoms with Crippen molar-refractivity contribution in [2.75, 3.05) is 13.2 Å². The Morgan fingerprint density at radius 2 is 2.26 bits per heavy atom. The molecule has 2 rings (SSSR count). The second-order valence-corrected chi connectivity index (χ2v) is 6.32. The lowest BCUT2D eigenvalue weighted by Crippen LogP contribution is -2.35. The van der Waals surface area contributed by atoms with E-state index in [0.29, 0.717) is 31.6 Å². The number of hydrogen-bond acceptors (Lipinski definition) is 4. The molecule has 1 heterocycles. The maximum atomic E-state index is 12.4. The van der Waals surface area contributed by atoms with Gasteiger partial charge in [-0.25, -0.2) is 13.1 Å². The molecule has 0 amide bonds. The average Bonchev–Trinajstić information content (AvgIpc) is 2.90. The molecule has 1 unspecified atom stereocenters. The Morgan fingerprint density at radius 3 is 2.84 bits per heavy atom. The first-order valence-electron chi connectivity index (χ1n) is 6.39. The van der Waals surface area contributed by atoms with Gasteiger partial charge in [0.05, 0.1) is 18.1 Å². The lowest BCUT2D eigenvalue weighted by molar-refractivity contribution is 0.192. The molecule has 1 aliphatic heterocycles. The van der Waals surface area contributed by atoms with E-state index < -0.39 is 10.0 Å². The molecule has 6 heteroatoms. The minimum atomic E-state index is -3.56. The number of aliphatic hydroxyl groups is 1. The fraction of sp³-hybridized carbons (Fsp3) is 0.538. The van der Waals surface area contributed by atoms with Crippen molar-refractivity contribution >= 4 is 10.0 Å². The Bertz CT molecular complexity index is 536. The topological polar surface area (TPSA) is 75.6 Å². The highest BCUT2D eigenvalue weighted by Crippen LogP contribution is 2.20. The van der Waals surface area contributed by atoms with Crippen molar-refractivity contribution in [3.63, 3.8) is 0 Å². The van der Waals surface area contributed by atoms with Crippen LogP contribution in [0.25, 0.3) is 0 Å². The summed E-state index contributed by atoms with van der Waals surface area (Å²) in [6, 6.07) is 4.88. The van der Waals surface area contributed by atoms with Crippen molar-refractivity contribution in [2.45, 2.75) is 37.3 Å². The zero-order chi connectivity index (χ0) is 13.9. The molecule has 1 fully saturated rings. The molecule has 0 saturated carbocycles. The number of nitrogens with one attached hydrogen (secondary N) is 1. The number of hydrogen-bond donors (Lipinski definition) is 2. The molecular weight excluding hydrogens is 266 g/mol. The molecular formula is C13H19NO4S. The molecule has 1 aromatic carbocycles. The third-order valence-corrected chi connectivity index (χ3v) is 4.84. The summed E-state index contributed by atoms with van der Waals surface area (Å²) in [5.74, 6) is 0. The van der Waals surface area contributed by atoms with Crippen LogP contribution in [0.3, 0.4) is 0 Å². The van der Waals surface area contributed by atoms with Crippen LogP contribution in [0.5, 0.6) is 0 Å². The molecule has 106 valence electrons. The van der Waals surface area contributed by atoms with E-state index in [1.807, 2.05) is 6.92 Å². The number of aryl methyl sites for hydroxylation is 1. The van der Waals surface area contributed by atoms with Gasteiger partial charge in [-0.05, 0) is 30.0 Å². The van der Waals surface area contributed by atoms with Crippen LogP contribution >= 0.6 is 0 Å². The van der Waals surface area contributed by atoms with Crippen LogP contribution in [0, 0.1) is 0 Å². The molecule has 1 aliphatic rings. The highest BCUT2D eigenvalue weighted by molar-refractivity contribution is 7.89. The number of rotatable bonds is 5. The number of sulfonamides is 1. The second-order valence-electron chi connectivity index (χ2n) is 4.64. The van der Waals surface area contributed by atoms with E-state index in [1.165, 1.54) is 6.07 Å². The van der Waals surface area contributed by atoms with Crippen molar-refractivity contribution < 1.29 is 18.3 Å². The standard InChI is InChI=1S/C13H19NO4S/c1-2-11-4-3-10(8-15)7-13(11)19(16,17)14-12-5-6-18-9-12/h3-4,7,12,14-15H,2,5-6,8-9H2,1H3. The van der Waals surface area contributed by atoms with Gasteiger partial charge in [0.15, 0.2) is 0 Å². The SMILES string of the molecule is CCc1ccc(CO)cc1S(=O)(=O)NC1CCOC1. The molecule has 2 N–H and O–H groups in total. The highest BCUT2D eigenvalue weighted by atomic mass is 32.2. The molecule has 0 bridgehead atoms. The van der Waals surface area contributed by atoms with Crippen LogP contribution < -0.4 is 4.72 Å². The third-order valence-electron chi connectivity index (χ3n) is 3.24. The zero-order valence-corrected chi connectivity index (χ0v) is 11.7. The third kappa shape index (κ3) is 3.33. The monoisotopic (exact) mass is 285 g/mol. The maximum absolute atomic E-state index is 12.4. The van der Waals surface area contributed by atoms with Crippen LogP contribution in [-0.2, 0) is 27.8 Å². The summed E-state index contributed by atoms with van der Waals surface area (Å²) < 4.78 is 32.6. The molecule has 5 nitrogen and oxygen atoms in total. The van der Waals surface area contributed by atoms with Gasteiger partial charge in [0.25, 0.3) is 0 Å². The van der Waals surface area contributed by atoms with Gasteiger partial charge in [0, 0.05) is 12.6 Å². The Labute approximate surface area is 113 Å². The maximum Gasteiger partial charge on any atom is 0.241 e. The number of ether oxygens (including phenoxy) is 1. The van der Waals surface area contributed by atoms with Gasteiger partial charge in [-0.3, -0.25) is 0 Å². The zero-order valence-electron chi connectivity index (χ0n) is 10.9. The lowest BCUT2D eigenvalue weighted by atomic mass is 10.1. The summed E-state index contributed by atoms with van der Waals surface area (Å²) >= 11 is 0.